The van der Waals surface area contributed by atoms with Gasteiger partial charge in [-0.2, -0.15) is 0 Å². The topological polar surface area (TPSA) is 18.5 Å². The highest BCUT2D eigenvalue weighted by molar-refractivity contribution is 5.41. The molecule has 0 radical (unpaired) electrons. The van der Waals surface area contributed by atoms with E-state index in [1.54, 1.807) is 0 Å². The Bertz CT molecular complexity index is 592. The van der Waals surface area contributed by atoms with Crippen LogP contribution < -0.4 is 9.47 Å². The number of benzene rings is 2. The zero-order chi connectivity index (χ0) is 15.4. The van der Waals surface area contributed by atoms with Crippen LogP contribution in [0.4, 0.5) is 4.39 Å². The van der Waals surface area contributed by atoms with Crippen LogP contribution in [-0.2, 0) is 0 Å². The predicted molar refractivity (Wildman–Crippen MR) is 82.8 cm³/mol. The standard InChI is InChI=1S/C18H21FO2/c1-12-6-5-7-13(2)17(12)20-8-9-21-18-14(3)10-16(19)11-15(18)4/h5-7,10-11H,8-9H2,1-4H3. The Hall–Kier alpha value is -2.03. The van der Waals surface area contributed by atoms with Gasteiger partial charge in [-0.15, -0.1) is 0 Å². The molecule has 0 heterocycles. The van der Waals surface area contributed by atoms with Gasteiger partial charge in [0, 0.05) is 0 Å². The second kappa shape index (κ2) is 6.61. The minimum Gasteiger partial charge on any atom is -0.489 e. The Morgan fingerprint density at radius 1 is 0.762 bits per heavy atom. The van der Waals surface area contributed by atoms with Crippen LogP contribution in [0.5, 0.6) is 11.5 Å². The SMILES string of the molecule is Cc1cccc(C)c1OCCOc1c(C)cc(F)cc1C. The molecule has 3 heteroatoms. The van der Waals surface area contributed by atoms with Crippen LogP contribution in [0, 0.1) is 33.5 Å². The van der Waals surface area contributed by atoms with Gasteiger partial charge in [0.25, 0.3) is 0 Å². The Kier molecular flexibility index (Phi) is 4.84. The van der Waals surface area contributed by atoms with E-state index in [2.05, 4.69) is 0 Å². The molecule has 112 valence electrons. The van der Waals surface area contributed by atoms with Crippen molar-refractivity contribution in [2.45, 2.75) is 27.7 Å². The molecule has 0 atom stereocenters. The number of rotatable bonds is 5. The maximum absolute atomic E-state index is 13.2. The molecule has 0 bridgehead atoms. The van der Waals surface area contributed by atoms with Crippen molar-refractivity contribution in [2.24, 2.45) is 0 Å². The molecular weight excluding hydrogens is 267 g/mol. The van der Waals surface area contributed by atoms with Crippen LogP contribution >= 0.6 is 0 Å². The molecule has 2 aromatic rings. The molecule has 0 aliphatic carbocycles. The van der Waals surface area contributed by atoms with Gasteiger partial charge in [0.2, 0.25) is 0 Å². The summed E-state index contributed by atoms with van der Waals surface area (Å²) in [5.74, 6) is 1.42. The van der Waals surface area contributed by atoms with Crippen LogP contribution in [0.15, 0.2) is 30.3 Å². The van der Waals surface area contributed by atoms with Crippen LogP contribution in [0.2, 0.25) is 0 Å². The van der Waals surface area contributed by atoms with Crippen molar-refractivity contribution in [3.63, 3.8) is 0 Å². The van der Waals surface area contributed by atoms with E-state index in [0.29, 0.717) is 13.2 Å². The van der Waals surface area contributed by atoms with Crippen molar-refractivity contribution >= 4 is 0 Å². The Balaban J connectivity index is 1.94. The second-order valence-corrected chi connectivity index (χ2v) is 5.29. The summed E-state index contributed by atoms with van der Waals surface area (Å²) in [6, 6.07) is 9.03. The second-order valence-electron chi connectivity index (χ2n) is 5.29. The van der Waals surface area contributed by atoms with E-state index >= 15 is 0 Å². The fraction of sp³-hybridized carbons (Fsp3) is 0.333. The summed E-state index contributed by atoms with van der Waals surface area (Å²) in [6.45, 7) is 8.63. The van der Waals surface area contributed by atoms with Gasteiger partial charge >= 0.3 is 0 Å². The summed E-state index contributed by atoms with van der Waals surface area (Å²) in [4.78, 5) is 0. The van der Waals surface area contributed by atoms with Crippen LogP contribution in [0.3, 0.4) is 0 Å². The van der Waals surface area contributed by atoms with Gasteiger partial charge in [-0.1, -0.05) is 18.2 Å². The van der Waals surface area contributed by atoms with Crippen molar-refractivity contribution in [3.8, 4) is 11.5 Å². The predicted octanol–water partition coefficient (Wildman–Crippen LogP) is 4.52. The fourth-order valence-electron chi connectivity index (χ4n) is 2.44. The number of hydrogen-bond acceptors (Lipinski definition) is 2. The fourth-order valence-corrected chi connectivity index (χ4v) is 2.44. The number of para-hydroxylation sites is 1. The zero-order valence-electron chi connectivity index (χ0n) is 13.0. The van der Waals surface area contributed by atoms with Gasteiger partial charge in [-0.25, -0.2) is 4.39 Å². The van der Waals surface area contributed by atoms with Crippen molar-refractivity contribution < 1.29 is 13.9 Å². The summed E-state index contributed by atoms with van der Waals surface area (Å²) >= 11 is 0. The van der Waals surface area contributed by atoms with Crippen LogP contribution in [0.25, 0.3) is 0 Å². The third-order valence-corrected chi connectivity index (χ3v) is 3.41. The summed E-state index contributed by atoms with van der Waals surface area (Å²) in [7, 11) is 0. The Labute approximate surface area is 125 Å². The van der Waals surface area contributed by atoms with E-state index in [-0.39, 0.29) is 5.82 Å². The monoisotopic (exact) mass is 288 g/mol. The first-order valence-corrected chi connectivity index (χ1v) is 7.07. The smallest absolute Gasteiger partial charge is 0.125 e. The molecule has 0 N–H and O–H groups in total. The normalized spacial score (nSPS) is 10.5. The number of halogens is 1. The number of aryl methyl sites for hydroxylation is 4. The molecule has 2 rings (SSSR count). The van der Waals surface area contributed by atoms with E-state index in [9.17, 15) is 4.39 Å². The van der Waals surface area contributed by atoms with Gasteiger partial charge in [0.1, 0.15) is 30.5 Å². The Morgan fingerprint density at radius 3 is 1.67 bits per heavy atom. The number of hydrogen-bond donors (Lipinski definition) is 0. The molecule has 2 nitrogen and oxygen atoms in total. The molecule has 0 aromatic heterocycles. The molecule has 0 saturated heterocycles. The maximum Gasteiger partial charge on any atom is 0.125 e. The van der Waals surface area contributed by atoms with Crippen LogP contribution in [0.1, 0.15) is 22.3 Å². The van der Waals surface area contributed by atoms with Crippen molar-refractivity contribution in [1.82, 2.24) is 0 Å². The van der Waals surface area contributed by atoms with Gasteiger partial charge in [-0.05, 0) is 62.1 Å². The first kappa shape index (κ1) is 15.4. The highest BCUT2D eigenvalue weighted by atomic mass is 19.1. The zero-order valence-corrected chi connectivity index (χ0v) is 13.0. The van der Waals surface area contributed by atoms with E-state index < -0.39 is 0 Å². The molecule has 0 spiro atoms. The van der Waals surface area contributed by atoms with E-state index in [1.165, 1.54) is 12.1 Å². The van der Waals surface area contributed by atoms with E-state index in [4.69, 9.17) is 9.47 Å². The van der Waals surface area contributed by atoms with Gasteiger partial charge < -0.3 is 9.47 Å². The van der Waals surface area contributed by atoms with Gasteiger partial charge in [-0.3, -0.25) is 0 Å². The summed E-state index contributed by atoms with van der Waals surface area (Å²) in [5, 5.41) is 0. The maximum atomic E-state index is 13.2. The minimum absolute atomic E-state index is 0.232. The molecule has 0 amide bonds. The van der Waals surface area contributed by atoms with Crippen molar-refractivity contribution in [1.29, 1.82) is 0 Å². The lowest BCUT2D eigenvalue weighted by Crippen LogP contribution is -2.11. The van der Waals surface area contributed by atoms with Crippen LogP contribution in [-0.4, -0.2) is 13.2 Å². The largest absolute Gasteiger partial charge is 0.489 e. The Morgan fingerprint density at radius 2 is 1.19 bits per heavy atom. The first-order valence-electron chi connectivity index (χ1n) is 7.07. The molecule has 2 aromatic carbocycles. The summed E-state index contributed by atoms with van der Waals surface area (Å²) < 4.78 is 24.8. The number of ether oxygens (including phenoxy) is 2. The lowest BCUT2D eigenvalue weighted by atomic mass is 10.1. The quantitative estimate of drug-likeness (QED) is 0.753. The highest BCUT2D eigenvalue weighted by Gasteiger charge is 2.07. The lowest BCUT2D eigenvalue weighted by Gasteiger charge is -2.15. The van der Waals surface area contributed by atoms with Gasteiger partial charge in [0.15, 0.2) is 0 Å². The molecule has 21 heavy (non-hydrogen) atoms. The molecule has 0 fully saturated rings. The molecule has 0 saturated carbocycles. The summed E-state index contributed by atoms with van der Waals surface area (Å²) in [6.07, 6.45) is 0. The summed E-state index contributed by atoms with van der Waals surface area (Å²) in [5.41, 5.74) is 3.84. The highest BCUT2D eigenvalue weighted by Crippen LogP contribution is 2.25. The van der Waals surface area contributed by atoms with Gasteiger partial charge in [0.05, 0.1) is 0 Å². The van der Waals surface area contributed by atoms with Crippen molar-refractivity contribution in [3.05, 3.63) is 58.4 Å². The van der Waals surface area contributed by atoms with E-state index in [1.807, 2.05) is 45.9 Å². The lowest BCUT2D eigenvalue weighted by molar-refractivity contribution is 0.213. The molecular formula is C18H21FO2. The molecule has 0 unspecified atom stereocenters. The third-order valence-electron chi connectivity index (χ3n) is 3.41. The minimum atomic E-state index is -0.232. The third kappa shape index (κ3) is 3.75. The molecule has 0 aliphatic heterocycles. The van der Waals surface area contributed by atoms with E-state index in [0.717, 1.165) is 33.8 Å². The van der Waals surface area contributed by atoms with Crippen molar-refractivity contribution in [2.75, 3.05) is 13.2 Å². The average molecular weight is 288 g/mol. The average Bonchev–Trinajstić information content (AvgIpc) is 2.39. The first-order chi connectivity index (χ1) is 9.99. The molecule has 0 aliphatic rings.